The van der Waals surface area contributed by atoms with E-state index < -0.39 is 5.97 Å². The standard InChI is InChI=1S/C12H14ClFO2/c1-2-16-12(15)10-5-3-7-11(14)9(10)6-4-8-13/h3,5,7H,2,4,6,8H2,1H3. The number of esters is 1. The van der Waals surface area contributed by atoms with Crippen LogP contribution in [0.1, 0.15) is 29.3 Å². The van der Waals surface area contributed by atoms with Crippen LogP contribution in [0.3, 0.4) is 0 Å². The molecule has 0 radical (unpaired) electrons. The van der Waals surface area contributed by atoms with Gasteiger partial charge in [0.25, 0.3) is 0 Å². The maximum atomic E-state index is 13.5. The van der Waals surface area contributed by atoms with Gasteiger partial charge in [0.05, 0.1) is 12.2 Å². The second-order valence-electron chi connectivity index (χ2n) is 3.28. The minimum absolute atomic E-state index is 0.282. The molecule has 1 rings (SSSR count). The minimum Gasteiger partial charge on any atom is -0.462 e. The lowest BCUT2D eigenvalue weighted by Crippen LogP contribution is -2.10. The summed E-state index contributed by atoms with van der Waals surface area (Å²) in [4.78, 5) is 11.6. The fourth-order valence-electron chi connectivity index (χ4n) is 1.46. The molecule has 2 nitrogen and oxygen atoms in total. The average Bonchev–Trinajstić information content (AvgIpc) is 2.27. The van der Waals surface area contributed by atoms with Crippen LogP contribution in [0.5, 0.6) is 0 Å². The minimum atomic E-state index is -0.480. The Morgan fingerprint density at radius 2 is 2.25 bits per heavy atom. The summed E-state index contributed by atoms with van der Waals surface area (Å²) in [6.07, 6.45) is 1.08. The van der Waals surface area contributed by atoms with Crippen LogP contribution in [-0.4, -0.2) is 18.5 Å². The predicted octanol–water partition coefficient (Wildman–Crippen LogP) is 3.17. The molecule has 16 heavy (non-hydrogen) atoms. The number of ether oxygens (including phenoxy) is 1. The van der Waals surface area contributed by atoms with Crippen LogP contribution < -0.4 is 0 Å². The van der Waals surface area contributed by atoms with Gasteiger partial charge in [-0.15, -0.1) is 11.6 Å². The molecule has 1 aromatic rings. The van der Waals surface area contributed by atoms with Crippen LogP contribution >= 0.6 is 11.6 Å². The van der Waals surface area contributed by atoms with Gasteiger partial charge < -0.3 is 4.74 Å². The van der Waals surface area contributed by atoms with E-state index in [1.165, 1.54) is 12.1 Å². The molecule has 0 spiro atoms. The molecule has 88 valence electrons. The number of halogens is 2. The first-order valence-electron chi connectivity index (χ1n) is 5.21. The molecule has 0 atom stereocenters. The van der Waals surface area contributed by atoms with Gasteiger partial charge in [0.15, 0.2) is 0 Å². The molecule has 0 aliphatic rings. The normalized spacial score (nSPS) is 10.2. The summed E-state index contributed by atoms with van der Waals surface area (Å²) < 4.78 is 18.4. The van der Waals surface area contributed by atoms with Crippen LogP contribution in [0.2, 0.25) is 0 Å². The SMILES string of the molecule is CCOC(=O)c1cccc(F)c1CCCCl. The molecule has 0 N–H and O–H groups in total. The molecule has 0 amide bonds. The molecule has 1 aromatic carbocycles. The summed E-state index contributed by atoms with van der Waals surface area (Å²) in [5.41, 5.74) is 0.688. The maximum Gasteiger partial charge on any atom is 0.338 e. The first kappa shape index (κ1) is 13.0. The molecule has 0 fully saturated rings. The highest BCUT2D eigenvalue weighted by molar-refractivity contribution is 6.17. The Bertz CT molecular complexity index is 366. The first-order chi connectivity index (χ1) is 7.70. The predicted molar refractivity (Wildman–Crippen MR) is 61.4 cm³/mol. The molecule has 0 aliphatic heterocycles. The smallest absolute Gasteiger partial charge is 0.338 e. The number of alkyl halides is 1. The van der Waals surface area contributed by atoms with Gasteiger partial charge in [-0.25, -0.2) is 9.18 Å². The van der Waals surface area contributed by atoms with Crippen molar-refractivity contribution in [3.63, 3.8) is 0 Å². The fraction of sp³-hybridized carbons (Fsp3) is 0.417. The molecular formula is C12H14ClFO2. The van der Waals surface area contributed by atoms with Gasteiger partial charge in [-0.2, -0.15) is 0 Å². The highest BCUT2D eigenvalue weighted by Crippen LogP contribution is 2.17. The zero-order chi connectivity index (χ0) is 12.0. The second-order valence-corrected chi connectivity index (χ2v) is 3.66. The van der Waals surface area contributed by atoms with E-state index in [1.807, 2.05) is 0 Å². The van der Waals surface area contributed by atoms with Crippen LogP contribution in [0, 0.1) is 5.82 Å². The Balaban J connectivity index is 2.97. The number of hydrogen-bond acceptors (Lipinski definition) is 2. The third kappa shape index (κ3) is 3.20. The second kappa shape index (κ2) is 6.48. The molecular weight excluding hydrogens is 231 g/mol. The summed E-state index contributed by atoms with van der Waals surface area (Å²) in [6.45, 7) is 2.00. The van der Waals surface area contributed by atoms with Crippen molar-refractivity contribution in [2.75, 3.05) is 12.5 Å². The van der Waals surface area contributed by atoms with E-state index in [4.69, 9.17) is 16.3 Å². The highest BCUT2D eigenvalue weighted by Gasteiger charge is 2.15. The summed E-state index contributed by atoms with van der Waals surface area (Å²) in [5.74, 6) is -0.418. The first-order valence-corrected chi connectivity index (χ1v) is 5.74. The Kier molecular flexibility index (Phi) is 5.26. The fourth-order valence-corrected chi connectivity index (χ4v) is 1.59. The summed E-state index contributed by atoms with van der Waals surface area (Å²) in [6, 6.07) is 4.42. The Morgan fingerprint density at radius 1 is 1.50 bits per heavy atom. The van der Waals surface area contributed by atoms with Gasteiger partial charge >= 0.3 is 5.97 Å². The zero-order valence-electron chi connectivity index (χ0n) is 9.13. The van der Waals surface area contributed by atoms with Crippen molar-refractivity contribution in [2.45, 2.75) is 19.8 Å². The Morgan fingerprint density at radius 3 is 2.88 bits per heavy atom. The molecule has 0 aliphatic carbocycles. The lowest BCUT2D eigenvalue weighted by Gasteiger charge is -2.09. The Labute approximate surface area is 99.4 Å². The number of rotatable bonds is 5. The van der Waals surface area contributed by atoms with Gasteiger partial charge in [0, 0.05) is 11.4 Å². The van der Waals surface area contributed by atoms with Crippen molar-refractivity contribution >= 4 is 17.6 Å². The van der Waals surface area contributed by atoms with Gasteiger partial charge in [0.2, 0.25) is 0 Å². The molecule has 4 heteroatoms. The van der Waals surface area contributed by atoms with Crippen molar-refractivity contribution in [1.82, 2.24) is 0 Å². The van der Waals surface area contributed by atoms with Crippen molar-refractivity contribution in [1.29, 1.82) is 0 Å². The third-order valence-corrected chi connectivity index (χ3v) is 2.44. The van der Waals surface area contributed by atoms with E-state index in [-0.39, 0.29) is 12.4 Å². The Hall–Kier alpha value is -1.09. The number of hydrogen-bond donors (Lipinski definition) is 0. The zero-order valence-corrected chi connectivity index (χ0v) is 9.89. The maximum absolute atomic E-state index is 13.5. The number of benzene rings is 1. The molecule has 0 saturated carbocycles. The van der Waals surface area contributed by atoms with E-state index in [9.17, 15) is 9.18 Å². The van der Waals surface area contributed by atoms with E-state index in [2.05, 4.69) is 0 Å². The molecule has 0 bridgehead atoms. The highest BCUT2D eigenvalue weighted by atomic mass is 35.5. The quantitative estimate of drug-likeness (QED) is 0.587. The topological polar surface area (TPSA) is 26.3 Å². The number of carbonyl (C=O) groups is 1. The van der Waals surface area contributed by atoms with Crippen molar-refractivity contribution in [3.05, 3.63) is 35.1 Å². The van der Waals surface area contributed by atoms with Crippen molar-refractivity contribution in [3.8, 4) is 0 Å². The van der Waals surface area contributed by atoms with E-state index >= 15 is 0 Å². The van der Waals surface area contributed by atoms with Gasteiger partial charge in [-0.05, 0) is 31.9 Å². The molecule has 0 saturated heterocycles. The summed E-state index contributed by atoms with van der Waals surface area (Å²) >= 11 is 5.56. The van der Waals surface area contributed by atoms with E-state index in [0.717, 1.165) is 0 Å². The lowest BCUT2D eigenvalue weighted by molar-refractivity contribution is 0.0524. The molecule has 0 heterocycles. The average molecular weight is 245 g/mol. The van der Waals surface area contributed by atoms with E-state index in [1.54, 1.807) is 13.0 Å². The van der Waals surface area contributed by atoms with Crippen LogP contribution in [0.4, 0.5) is 4.39 Å². The summed E-state index contributed by atoms with van der Waals surface area (Å²) in [7, 11) is 0. The van der Waals surface area contributed by atoms with Crippen molar-refractivity contribution < 1.29 is 13.9 Å². The summed E-state index contributed by atoms with van der Waals surface area (Å²) in [5, 5.41) is 0. The van der Waals surface area contributed by atoms with E-state index in [0.29, 0.717) is 29.8 Å². The lowest BCUT2D eigenvalue weighted by atomic mass is 10.0. The van der Waals surface area contributed by atoms with Crippen molar-refractivity contribution in [2.24, 2.45) is 0 Å². The largest absolute Gasteiger partial charge is 0.462 e. The van der Waals surface area contributed by atoms with Crippen LogP contribution in [0.15, 0.2) is 18.2 Å². The van der Waals surface area contributed by atoms with Gasteiger partial charge in [-0.1, -0.05) is 6.07 Å². The monoisotopic (exact) mass is 244 g/mol. The van der Waals surface area contributed by atoms with Gasteiger partial charge in [0.1, 0.15) is 5.82 Å². The van der Waals surface area contributed by atoms with Gasteiger partial charge in [-0.3, -0.25) is 0 Å². The molecule has 0 unspecified atom stereocenters. The number of carbonyl (C=O) groups excluding carboxylic acids is 1. The van der Waals surface area contributed by atoms with Crippen LogP contribution in [0.25, 0.3) is 0 Å². The molecule has 0 aromatic heterocycles. The third-order valence-electron chi connectivity index (χ3n) is 2.17. The van der Waals surface area contributed by atoms with Crippen LogP contribution in [-0.2, 0) is 11.2 Å².